The molecular formula is C22H29BrN4O3. The monoisotopic (exact) mass is 476 g/mol. The third-order valence-electron chi connectivity index (χ3n) is 6.93. The molecular weight excluding hydrogens is 448 g/mol. The Morgan fingerprint density at radius 2 is 1.97 bits per heavy atom. The van der Waals surface area contributed by atoms with Gasteiger partial charge in [0.25, 0.3) is 0 Å². The molecule has 2 spiro atoms. The Balaban J connectivity index is 1.58. The summed E-state index contributed by atoms with van der Waals surface area (Å²) >= 11 is 3.69. The number of benzene rings is 1. The third-order valence-corrected chi connectivity index (χ3v) is 7.46. The van der Waals surface area contributed by atoms with Crippen molar-refractivity contribution in [2.75, 3.05) is 26.9 Å². The molecule has 3 fully saturated rings. The molecule has 4 rings (SSSR count). The van der Waals surface area contributed by atoms with Crippen molar-refractivity contribution in [2.24, 2.45) is 5.11 Å². The standard InChI is InChI=1S/C22H29BrN4O3/c1-16(23)20(13-17-3-5-19(28-2)6-4-17)27-15-18(25-26-24)14-21(27)7-9-22(10-8-21)29-11-12-30-22/h3-6,18,20H,1,7-15H2,2H3/t18?,20-/m0/s1. The van der Waals surface area contributed by atoms with Crippen LogP contribution in [0.25, 0.3) is 10.4 Å². The molecule has 2 atom stereocenters. The Hall–Kier alpha value is -1.57. The summed E-state index contributed by atoms with van der Waals surface area (Å²) in [6, 6.07) is 8.27. The van der Waals surface area contributed by atoms with E-state index >= 15 is 0 Å². The van der Waals surface area contributed by atoms with E-state index in [1.165, 1.54) is 5.56 Å². The molecule has 2 aliphatic heterocycles. The second-order valence-corrected chi connectivity index (χ2v) is 9.58. The number of rotatable bonds is 6. The van der Waals surface area contributed by atoms with Gasteiger partial charge in [0.05, 0.1) is 26.4 Å². The van der Waals surface area contributed by atoms with E-state index in [2.05, 4.69) is 49.6 Å². The van der Waals surface area contributed by atoms with Crippen molar-refractivity contribution in [1.29, 1.82) is 0 Å². The van der Waals surface area contributed by atoms with E-state index < -0.39 is 5.79 Å². The predicted octanol–water partition coefficient (Wildman–Crippen LogP) is 4.96. The lowest BCUT2D eigenvalue weighted by atomic mass is 9.75. The Bertz CT molecular complexity index is 808. The van der Waals surface area contributed by atoms with Gasteiger partial charge in [-0.25, -0.2) is 0 Å². The summed E-state index contributed by atoms with van der Waals surface area (Å²) in [4.78, 5) is 5.63. The van der Waals surface area contributed by atoms with Crippen LogP contribution in [0.3, 0.4) is 0 Å². The highest BCUT2D eigenvalue weighted by atomic mass is 79.9. The van der Waals surface area contributed by atoms with E-state index in [4.69, 9.17) is 19.7 Å². The lowest BCUT2D eigenvalue weighted by molar-refractivity contribution is -0.193. The molecule has 30 heavy (non-hydrogen) atoms. The summed E-state index contributed by atoms with van der Waals surface area (Å²) in [6.45, 7) is 6.34. The Kier molecular flexibility index (Phi) is 6.42. The van der Waals surface area contributed by atoms with Crippen LogP contribution in [0.1, 0.15) is 37.7 Å². The first kappa shape index (κ1) is 21.7. The average molecular weight is 477 g/mol. The van der Waals surface area contributed by atoms with Crippen molar-refractivity contribution in [1.82, 2.24) is 4.90 Å². The van der Waals surface area contributed by atoms with Crippen LogP contribution >= 0.6 is 15.9 Å². The van der Waals surface area contributed by atoms with Gasteiger partial charge in [-0.15, -0.1) is 0 Å². The largest absolute Gasteiger partial charge is 0.497 e. The fourth-order valence-corrected chi connectivity index (χ4v) is 5.81. The molecule has 1 aromatic carbocycles. The van der Waals surface area contributed by atoms with Crippen LogP contribution in [0, 0.1) is 0 Å². The molecule has 1 aliphatic carbocycles. The molecule has 0 aromatic heterocycles. The molecule has 162 valence electrons. The molecule has 3 aliphatic rings. The number of methoxy groups -OCH3 is 1. The third kappa shape index (κ3) is 4.25. The Morgan fingerprint density at radius 1 is 1.30 bits per heavy atom. The Morgan fingerprint density at radius 3 is 2.53 bits per heavy atom. The van der Waals surface area contributed by atoms with Gasteiger partial charge in [-0.1, -0.05) is 39.8 Å². The molecule has 1 saturated carbocycles. The number of nitrogens with zero attached hydrogens (tertiary/aromatic N) is 4. The van der Waals surface area contributed by atoms with Gasteiger partial charge in [0.1, 0.15) is 5.75 Å². The maximum atomic E-state index is 9.06. The summed E-state index contributed by atoms with van der Waals surface area (Å²) in [5, 5.41) is 4.10. The maximum absolute atomic E-state index is 9.06. The SMILES string of the molecule is C=C(Br)[C@H](Cc1ccc(OC)cc1)N1CC(N=[N+]=[N-])CC12CCC1(CC2)OCCO1. The number of hydrogen-bond acceptors (Lipinski definition) is 5. The number of ether oxygens (including phenoxy) is 3. The lowest BCUT2D eigenvalue weighted by Crippen LogP contribution is -2.54. The van der Waals surface area contributed by atoms with Crippen LogP contribution in [0.5, 0.6) is 5.75 Å². The molecule has 2 heterocycles. The highest BCUT2D eigenvalue weighted by Crippen LogP contribution is 2.49. The molecule has 1 aromatic rings. The normalized spacial score (nSPS) is 25.9. The fourth-order valence-electron chi connectivity index (χ4n) is 5.40. The summed E-state index contributed by atoms with van der Waals surface area (Å²) in [6.07, 6.45) is 5.37. The summed E-state index contributed by atoms with van der Waals surface area (Å²) in [5.74, 6) is 0.438. The zero-order valence-corrected chi connectivity index (χ0v) is 19.0. The summed E-state index contributed by atoms with van der Waals surface area (Å²) in [7, 11) is 1.68. The van der Waals surface area contributed by atoms with Crippen molar-refractivity contribution in [2.45, 2.75) is 61.9 Å². The van der Waals surface area contributed by atoms with Gasteiger partial charge in [0.2, 0.25) is 0 Å². The second kappa shape index (κ2) is 8.89. The topological polar surface area (TPSA) is 79.7 Å². The number of likely N-dealkylation sites (tertiary alicyclic amines) is 1. The fraction of sp³-hybridized carbons (Fsp3) is 0.636. The molecule has 0 bridgehead atoms. The van der Waals surface area contributed by atoms with Crippen LogP contribution in [-0.2, 0) is 15.9 Å². The van der Waals surface area contributed by atoms with Gasteiger partial charge < -0.3 is 14.2 Å². The van der Waals surface area contributed by atoms with E-state index in [0.717, 1.165) is 55.3 Å². The van der Waals surface area contributed by atoms with Crippen LogP contribution < -0.4 is 4.74 Å². The van der Waals surface area contributed by atoms with E-state index in [1.807, 2.05) is 12.1 Å². The van der Waals surface area contributed by atoms with Gasteiger partial charge in [0, 0.05) is 40.4 Å². The molecule has 8 heteroatoms. The van der Waals surface area contributed by atoms with Crippen molar-refractivity contribution in [3.63, 3.8) is 0 Å². The average Bonchev–Trinajstić information content (AvgIpc) is 3.34. The maximum Gasteiger partial charge on any atom is 0.168 e. The molecule has 0 radical (unpaired) electrons. The van der Waals surface area contributed by atoms with Crippen LogP contribution in [0.2, 0.25) is 0 Å². The van der Waals surface area contributed by atoms with E-state index in [0.29, 0.717) is 13.2 Å². The highest BCUT2D eigenvalue weighted by Gasteiger charge is 2.54. The number of hydrogen-bond donors (Lipinski definition) is 0. The molecule has 1 unspecified atom stereocenters. The van der Waals surface area contributed by atoms with Gasteiger partial charge in [0.15, 0.2) is 5.79 Å². The van der Waals surface area contributed by atoms with Crippen molar-refractivity contribution < 1.29 is 14.2 Å². The minimum absolute atomic E-state index is 0.0281. The zero-order valence-electron chi connectivity index (χ0n) is 17.4. The molecule has 0 amide bonds. The first-order chi connectivity index (χ1) is 14.5. The summed E-state index contributed by atoms with van der Waals surface area (Å²) < 4.78 is 18.2. The van der Waals surface area contributed by atoms with Crippen molar-refractivity contribution in [3.05, 3.63) is 51.3 Å². The van der Waals surface area contributed by atoms with Crippen molar-refractivity contribution in [3.8, 4) is 5.75 Å². The van der Waals surface area contributed by atoms with E-state index in [1.54, 1.807) is 7.11 Å². The van der Waals surface area contributed by atoms with Crippen LogP contribution in [0.4, 0.5) is 0 Å². The minimum atomic E-state index is -0.412. The molecule has 2 saturated heterocycles. The number of azide groups is 1. The highest BCUT2D eigenvalue weighted by molar-refractivity contribution is 9.11. The van der Waals surface area contributed by atoms with Crippen molar-refractivity contribution >= 4 is 15.9 Å². The first-order valence-electron chi connectivity index (χ1n) is 10.6. The first-order valence-corrected chi connectivity index (χ1v) is 11.3. The van der Waals surface area contributed by atoms with Gasteiger partial charge in [-0.05, 0) is 48.9 Å². The van der Waals surface area contributed by atoms with Gasteiger partial charge in [-0.2, -0.15) is 0 Å². The quantitative estimate of drug-likeness (QED) is 0.330. The second-order valence-electron chi connectivity index (χ2n) is 8.56. The molecule has 7 nitrogen and oxygen atoms in total. The van der Waals surface area contributed by atoms with Gasteiger partial charge in [-0.3, -0.25) is 4.90 Å². The van der Waals surface area contributed by atoms with Crippen LogP contribution in [0.15, 0.2) is 40.4 Å². The predicted molar refractivity (Wildman–Crippen MR) is 119 cm³/mol. The minimum Gasteiger partial charge on any atom is -0.497 e. The van der Waals surface area contributed by atoms with Crippen LogP contribution in [-0.4, -0.2) is 55.2 Å². The lowest BCUT2D eigenvalue weighted by Gasteiger charge is -2.49. The van der Waals surface area contributed by atoms with Gasteiger partial charge >= 0.3 is 0 Å². The molecule has 0 N–H and O–H groups in total. The Labute approximate surface area is 186 Å². The van der Waals surface area contributed by atoms with E-state index in [9.17, 15) is 0 Å². The zero-order chi connectivity index (χ0) is 21.2. The number of halogens is 1. The van der Waals surface area contributed by atoms with E-state index in [-0.39, 0.29) is 17.6 Å². The smallest absolute Gasteiger partial charge is 0.168 e. The summed E-state index contributed by atoms with van der Waals surface area (Å²) in [5.41, 5.74) is 10.2.